The SMILES string of the molecule is COc1cc(C(=O)N2CCc3c([nH]c4ccccc34)C2=O)c([N+](=O)[O-])cc1OC. The smallest absolute Gasteiger partial charge is 0.286 e. The van der Waals surface area contributed by atoms with Gasteiger partial charge in [-0.25, -0.2) is 0 Å². The Morgan fingerprint density at radius 3 is 2.55 bits per heavy atom. The van der Waals surface area contributed by atoms with E-state index in [2.05, 4.69) is 4.98 Å². The highest BCUT2D eigenvalue weighted by molar-refractivity contribution is 6.14. The molecule has 1 aliphatic heterocycles. The molecule has 0 saturated heterocycles. The summed E-state index contributed by atoms with van der Waals surface area (Å²) in [7, 11) is 2.70. The molecule has 1 aliphatic rings. The van der Waals surface area contributed by atoms with Crippen LogP contribution in [0.2, 0.25) is 0 Å². The van der Waals surface area contributed by atoms with E-state index in [-0.39, 0.29) is 23.6 Å². The molecule has 4 rings (SSSR count). The van der Waals surface area contributed by atoms with E-state index >= 15 is 0 Å². The zero-order valence-corrected chi connectivity index (χ0v) is 15.7. The molecule has 9 nitrogen and oxygen atoms in total. The van der Waals surface area contributed by atoms with Crippen LogP contribution in [0.15, 0.2) is 36.4 Å². The third-order valence-electron chi connectivity index (χ3n) is 5.03. The number of methoxy groups -OCH3 is 2. The van der Waals surface area contributed by atoms with Crippen molar-refractivity contribution in [1.82, 2.24) is 9.88 Å². The van der Waals surface area contributed by atoms with Crippen molar-refractivity contribution in [3.8, 4) is 11.5 Å². The maximum absolute atomic E-state index is 13.1. The summed E-state index contributed by atoms with van der Waals surface area (Å²) in [5, 5.41) is 12.5. The van der Waals surface area contributed by atoms with Crippen LogP contribution in [-0.2, 0) is 6.42 Å². The number of aromatic nitrogens is 1. The largest absolute Gasteiger partial charge is 0.493 e. The molecule has 0 unspecified atom stereocenters. The molecule has 0 fully saturated rings. The first-order valence-electron chi connectivity index (χ1n) is 8.82. The van der Waals surface area contributed by atoms with Gasteiger partial charge in [0.05, 0.1) is 25.2 Å². The minimum Gasteiger partial charge on any atom is -0.493 e. The first kappa shape index (κ1) is 18.5. The quantitative estimate of drug-likeness (QED) is 0.413. The normalized spacial score (nSPS) is 13.3. The number of H-pyrrole nitrogens is 1. The Bertz CT molecular complexity index is 1170. The van der Waals surface area contributed by atoms with E-state index in [1.807, 2.05) is 24.3 Å². The Kier molecular flexibility index (Phi) is 4.42. The number of ether oxygens (including phenoxy) is 2. The summed E-state index contributed by atoms with van der Waals surface area (Å²) in [6.07, 6.45) is 0.456. The number of carbonyl (C=O) groups is 2. The summed E-state index contributed by atoms with van der Waals surface area (Å²) in [5.41, 5.74) is 1.28. The van der Waals surface area contributed by atoms with E-state index in [0.29, 0.717) is 12.1 Å². The summed E-state index contributed by atoms with van der Waals surface area (Å²) in [6.45, 7) is 0.123. The molecule has 0 saturated carbocycles. The van der Waals surface area contributed by atoms with Crippen LogP contribution < -0.4 is 9.47 Å². The van der Waals surface area contributed by atoms with E-state index in [4.69, 9.17) is 9.47 Å². The lowest BCUT2D eigenvalue weighted by molar-refractivity contribution is -0.385. The van der Waals surface area contributed by atoms with Gasteiger partial charge in [0.15, 0.2) is 11.5 Å². The van der Waals surface area contributed by atoms with Crippen molar-refractivity contribution in [3.63, 3.8) is 0 Å². The first-order chi connectivity index (χ1) is 14.0. The van der Waals surface area contributed by atoms with Gasteiger partial charge in [0.1, 0.15) is 11.3 Å². The number of nitro groups is 1. The third kappa shape index (κ3) is 2.87. The van der Waals surface area contributed by atoms with E-state index in [1.54, 1.807) is 0 Å². The van der Waals surface area contributed by atoms with Gasteiger partial charge in [-0.05, 0) is 18.1 Å². The van der Waals surface area contributed by atoms with E-state index in [1.165, 1.54) is 20.3 Å². The van der Waals surface area contributed by atoms with E-state index in [0.717, 1.165) is 27.4 Å². The van der Waals surface area contributed by atoms with Crippen LogP contribution in [0, 0.1) is 10.1 Å². The standard InChI is InChI=1S/C20H17N3O6/c1-28-16-9-13(15(23(26)27)10-17(16)29-2)19(24)22-8-7-12-11-5-3-4-6-14(11)21-18(12)20(22)25/h3-6,9-10,21H,7-8H2,1-2H3. The van der Waals surface area contributed by atoms with Gasteiger partial charge in [-0.1, -0.05) is 18.2 Å². The van der Waals surface area contributed by atoms with E-state index < -0.39 is 22.4 Å². The predicted octanol–water partition coefficient (Wildman–Crippen LogP) is 2.93. The van der Waals surface area contributed by atoms with Crippen LogP contribution in [0.3, 0.4) is 0 Å². The van der Waals surface area contributed by atoms with Crippen LogP contribution in [0.4, 0.5) is 5.69 Å². The highest BCUT2D eigenvalue weighted by atomic mass is 16.6. The number of hydrogen-bond donors (Lipinski definition) is 1. The Morgan fingerprint density at radius 1 is 1.17 bits per heavy atom. The average molecular weight is 395 g/mol. The van der Waals surface area contributed by atoms with Gasteiger partial charge in [0.25, 0.3) is 17.5 Å². The van der Waals surface area contributed by atoms with Crippen LogP contribution in [0.5, 0.6) is 11.5 Å². The molecule has 2 amide bonds. The molecule has 9 heteroatoms. The van der Waals surface area contributed by atoms with Gasteiger partial charge in [0, 0.05) is 23.5 Å². The summed E-state index contributed by atoms with van der Waals surface area (Å²) in [4.78, 5) is 41.0. The minimum absolute atomic E-state index is 0.123. The zero-order chi connectivity index (χ0) is 20.7. The van der Waals surface area contributed by atoms with Gasteiger partial charge in [-0.15, -0.1) is 0 Å². The van der Waals surface area contributed by atoms with Crippen LogP contribution in [0.25, 0.3) is 10.9 Å². The topological polar surface area (TPSA) is 115 Å². The van der Waals surface area contributed by atoms with Crippen molar-refractivity contribution in [2.75, 3.05) is 20.8 Å². The maximum atomic E-state index is 13.1. The van der Waals surface area contributed by atoms with Gasteiger partial charge < -0.3 is 14.5 Å². The first-order valence-corrected chi connectivity index (χ1v) is 8.82. The van der Waals surface area contributed by atoms with Gasteiger partial charge >= 0.3 is 0 Å². The van der Waals surface area contributed by atoms with Crippen molar-refractivity contribution in [2.45, 2.75) is 6.42 Å². The lowest BCUT2D eigenvalue weighted by Crippen LogP contribution is -2.42. The average Bonchev–Trinajstić information content (AvgIpc) is 3.12. The molecule has 1 aromatic heterocycles. The summed E-state index contributed by atoms with van der Waals surface area (Å²) < 4.78 is 10.2. The number of amides is 2. The minimum atomic E-state index is -0.757. The molecule has 148 valence electrons. The zero-order valence-electron chi connectivity index (χ0n) is 15.7. The molecule has 1 N–H and O–H groups in total. The fourth-order valence-electron chi connectivity index (χ4n) is 3.63. The summed E-state index contributed by atoms with van der Waals surface area (Å²) in [6, 6.07) is 9.85. The monoisotopic (exact) mass is 395 g/mol. The molecular formula is C20H17N3O6. The fourth-order valence-corrected chi connectivity index (χ4v) is 3.63. The van der Waals surface area contributed by atoms with E-state index in [9.17, 15) is 19.7 Å². The second-order valence-corrected chi connectivity index (χ2v) is 6.52. The Hall–Kier alpha value is -3.88. The molecule has 0 aliphatic carbocycles. The molecule has 3 aromatic rings. The number of rotatable bonds is 4. The molecule has 2 aromatic carbocycles. The number of nitro benzene ring substituents is 1. The number of carbonyl (C=O) groups excluding carboxylic acids is 2. The summed E-state index contributed by atoms with van der Waals surface area (Å²) in [5.74, 6) is -0.987. The van der Waals surface area contributed by atoms with Crippen molar-refractivity contribution < 1.29 is 24.0 Å². The number of benzene rings is 2. The van der Waals surface area contributed by atoms with Crippen LogP contribution in [-0.4, -0.2) is 47.4 Å². The second-order valence-electron chi connectivity index (χ2n) is 6.52. The molecule has 0 bridgehead atoms. The highest BCUT2D eigenvalue weighted by Gasteiger charge is 2.35. The number of hydrogen-bond acceptors (Lipinski definition) is 6. The van der Waals surface area contributed by atoms with Gasteiger partial charge in [0.2, 0.25) is 0 Å². The fraction of sp³-hybridized carbons (Fsp3) is 0.200. The van der Waals surface area contributed by atoms with Crippen LogP contribution >= 0.6 is 0 Å². The van der Waals surface area contributed by atoms with Crippen molar-refractivity contribution in [2.24, 2.45) is 0 Å². The summed E-state index contributed by atoms with van der Waals surface area (Å²) >= 11 is 0. The lowest BCUT2D eigenvalue weighted by atomic mass is 10.0. The Balaban J connectivity index is 1.77. The van der Waals surface area contributed by atoms with Crippen molar-refractivity contribution in [3.05, 3.63) is 63.3 Å². The molecule has 2 heterocycles. The predicted molar refractivity (Wildman–Crippen MR) is 104 cm³/mol. The molecular weight excluding hydrogens is 378 g/mol. The Labute approximate surface area is 165 Å². The second kappa shape index (κ2) is 6.93. The molecule has 29 heavy (non-hydrogen) atoms. The van der Waals surface area contributed by atoms with Gasteiger partial charge in [-0.2, -0.15) is 0 Å². The van der Waals surface area contributed by atoms with Crippen LogP contribution in [0.1, 0.15) is 26.4 Å². The number of nitrogens with one attached hydrogen (secondary N) is 1. The Morgan fingerprint density at radius 2 is 1.86 bits per heavy atom. The highest BCUT2D eigenvalue weighted by Crippen LogP contribution is 2.36. The third-order valence-corrected chi connectivity index (χ3v) is 5.03. The number of nitrogens with zero attached hydrogens (tertiary/aromatic N) is 2. The molecule has 0 atom stereocenters. The number of imide groups is 1. The molecule has 0 spiro atoms. The molecule has 0 radical (unpaired) electrons. The number of fused-ring (bicyclic) bond motifs is 3. The van der Waals surface area contributed by atoms with Gasteiger partial charge in [-0.3, -0.25) is 24.6 Å². The van der Waals surface area contributed by atoms with Crippen molar-refractivity contribution >= 4 is 28.4 Å². The van der Waals surface area contributed by atoms with Crippen molar-refractivity contribution in [1.29, 1.82) is 0 Å². The lowest BCUT2D eigenvalue weighted by Gasteiger charge is -2.25. The maximum Gasteiger partial charge on any atom is 0.286 e. The number of aromatic amines is 1. The number of para-hydroxylation sites is 1.